The number of carboxylic acid groups (broad SMARTS) is 1. The van der Waals surface area contributed by atoms with Gasteiger partial charge in [0.2, 0.25) is 0 Å². The number of benzene rings is 1. The van der Waals surface area contributed by atoms with Crippen molar-refractivity contribution in [1.29, 1.82) is 0 Å². The molecule has 10 heteroatoms. The number of aromatic nitrogens is 1. The van der Waals surface area contributed by atoms with E-state index in [0.717, 1.165) is 62.6 Å². The van der Waals surface area contributed by atoms with Gasteiger partial charge in [0, 0.05) is 50.0 Å². The molecule has 2 N–H and O–H groups in total. The lowest BCUT2D eigenvalue weighted by atomic mass is 9.98. The molecule has 38 heavy (non-hydrogen) atoms. The first-order valence-electron chi connectivity index (χ1n) is 13.2. The zero-order valence-electron chi connectivity index (χ0n) is 21.9. The molecule has 2 aromatic rings. The monoisotopic (exact) mass is 535 g/mol. The van der Waals surface area contributed by atoms with Crippen LogP contribution in [0.4, 0.5) is 19.0 Å². The first kappa shape index (κ1) is 28.2. The molecule has 4 rings (SSSR count). The molecule has 0 aliphatic carbocycles. The van der Waals surface area contributed by atoms with E-state index in [2.05, 4.69) is 17.4 Å². The fourth-order valence-electron chi connectivity index (χ4n) is 5.24. The van der Waals surface area contributed by atoms with Gasteiger partial charge in [0.25, 0.3) is 5.92 Å². The number of rotatable bonds is 12. The summed E-state index contributed by atoms with van der Waals surface area (Å²) in [5.74, 6) is -4.92. The predicted molar refractivity (Wildman–Crippen MR) is 137 cm³/mol. The normalized spacial score (nSPS) is 18.6. The molecular formula is C28H36F3N3O4. The number of fused-ring (bicyclic) bond motifs is 1. The number of pyridine rings is 1. The quantitative estimate of drug-likeness (QED) is 0.356. The summed E-state index contributed by atoms with van der Waals surface area (Å²) in [5.41, 5.74) is 1.65. The van der Waals surface area contributed by atoms with Crippen LogP contribution in [0.25, 0.3) is 0 Å². The van der Waals surface area contributed by atoms with E-state index in [0.29, 0.717) is 39.1 Å². The van der Waals surface area contributed by atoms with Crippen LogP contribution in [-0.2, 0) is 28.3 Å². The third-order valence-electron chi connectivity index (χ3n) is 7.24. The molecule has 7 nitrogen and oxygen atoms in total. The molecule has 0 spiro atoms. The largest absolute Gasteiger partial charge is 0.493 e. The van der Waals surface area contributed by atoms with Crippen LogP contribution in [0.15, 0.2) is 24.3 Å². The fraction of sp³-hybridized carbons (Fsp3) is 0.571. The Hall–Kier alpha value is -2.85. The Labute approximate surface area is 221 Å². The number of ether oxygens (including phenoxy) is 2. The van der Waals surface area contributed by atoms with Gasteiger partial charge in [-0.2, -0.15) is 0 Å². The van der Waals surface area contributed by atoms with Gasteiger partial charge in [0.1, 0.15) is 11.9 Å². The van der Waals surface area contributed by atoms with Crippen LogP contribution < -0.4 is 10.1 Å². The molecule has 0 unspecified atom stereocenters. The first-order valence-corrected chi connectivity index (χ1v) is 13.2. The lowest BCUT2D eigenvalue weighted by molar-refractivity contribution is -0.143. The third kappa shape index (κ3) is 6.77. The zero-order valence-corrected chi connectivity index (χ0v) is 21.9. The average Bonchev–Trinajstić information content (AvgIpc) is 3.33. The van der Waals surface area contributed by atoms with Gasteiger partial charge in [-0.3, -0.25) is 9.69 Å². The first-order chi connectivity index (χ1) is 18.2. The number of hydrogen-bond acceptors (Lipinski definition) is 6. The standard InChI is InChI=1S/C28H36F3N3O4/c1-28(30,31)19-15-22(25(37-2)23(29)16-19)24(27(35)36)34-13-11-21(17-34)38-14-5-3-4-8-20-10-9-18-7-6-12-32-26(18)33-20/h9-10,15-16,21,24H,3-8,11-14,17H2,1-2H3,(H,32,33)(H,35,36)/t21-,24-/m1/s1. The summed E-state index contributed by atoms with van der Waals surface area (Å²) < 4.78 is 53.6. The van der Waals surface area contributed by atoms with Crippen molar-refractivity contribution >= 4 is 11.8 Å². The van der Waals surface area contributed by atoms with Crippen molar-refractivity contribution in [3.05, 3.63) is 52.5 Å². The van der Waals surface area contributed by atoms with E-state index < -0.39 is 29.3 Å². The van der Waals surface area contributed by atoms with E-state index in [1.165, 1.54) is 12.7 Å². The Morgan fingerprint density at radius 2 is 2.11 bits per heavy atom. The lowest BCUT2D eigenvalue weighted by Gasteiger charge is -2.27. The van der Waals surface area contributed by atoms with Gasteiger partial charge in [-0.05, 0) is 62.3 Å². The number of carbonyl (C=O) groups is 1. The van der Waals surface area contributed by atoms with Crippen molar-refractivity contribution in [1.82, 2.24) is 9.88 Å². The van der Waals surface area contributed by atoms with Crippen molar-refractivity contribution < 1.29 is 32.5 Å². The molecule has 2 atom stereocenters. The van der Waals surface area contributed by atoms with E-state index in [9.17, 15) is 23.1 Å². The van der Waals surface area contributed by atoms with Gasteiger partial charge in [-0.1, -0.05) is 12.5 Å². The topological polar surface area (TPSA) is 83.9 Å². The van der Waals surface area contributed by atoms with Gasteiger partial charge in [0.05, 0.1) is 13.2 Å². The van der Waals surface area contributed by atoms with E-state index in [4.69, 9.17) is 14.5 Å². The number of anilines is 1. The van der Waals surface area contributed by atoms with Gasteiger partial charge in [0.15, 0.2) is 11.6 Å². The maximum absolute atomic E-state index is 14.6. The van der Waals surface area contributed by atoms with Crippen LogP contribution >= 0.6 is 0 Å². The highest BCUT2D eigenvalue weighted by Crippen LogP contribution is 2.39. The number of halogens is 3. The Balaban J connectivity index is 1.27. The molecule has 0 bridgehead atoms. The molecule has 1 aromatic heterocycles. The summed E-state index contributed by atoms with van der Waals surface area (Å²) in [6, 6.07) is 4.66. The molecule has 2 aliphatic rings. The second-order valence-corrected chi connectivity index (χ2v) is 10.1. The average molecular weight is 536 g/mol. The highest BCUT2D eigenvalue weighted by Gasteiger charge is 2.38. The molecule has 0 saturated carbocycles. The Kier molecular flexibility index (Phi) is 9.15. The second-order valence-electron chi connectivity index (χ2n) is 10.1. The SMILES string of the molecule is COc1c(F)cc(C(C)(F)F)cc1[C@H](C(=O)O)N1CC[C@@H](OCCCCCc2ccc3c(n2)NCCC3)C1. The van der Waals surface area contributed by atoms with Crippen LogP contribution in [-0.4, -0.2) is 60.4 Å². The summed E-state index contributed by atoms with van der Waals surface area (Å²) in [6.45, 7) is 2.86. The third-order valence-corrected chi connectivity index (χ3v) is 7.24. The van der Waals surface area contributed by atoms with Crippen LogP contribution in [0.1, 0.15) is 67.5 Å². The van der Waals surface area contributed by atoms with Crippen LogP contribution in [0.3, 0.4) is 0 Å². The van der Waals surface area contributed by atoms with Crippen LogP contribution in [0.5, 0.6) is 5.75 Å². The number of aryl methyl sites for hydroxylation is 2. The predicted octanol–water partition coefficient (Wildman–Crippen LogP) is 5.33. The Bertz CT molecular complexity index is 1130. The van der Waals surface area contributed by atoms with E-state index in [-0.39, 0.29) is 17.4 Å². The Morgan fingerprint density at radius 3 is 2.84 bits per heavy atom. The summed E-state index contributed by atoms with van der Waals surface area (Å²) in [5, 5.41) is 13.3. The van der Waals surface area contributed by atoms with Crippen molar-refractivity contribution in [2.24, 2.45) is 0 Å². The van der Waals surface area contributed by atoms with Gasteiger partial charge < -0.3 is 19.9 Å². The minimum atomic E-state index is -3.32. The number of hydrogen-bond donors (Lipinski definition) is 2. The van der Waals surface area contributed by atoms with Crippen molar-refractivity contribution in [2.75, 3.05) is 38.7 Å². The number of alkyl halides is 2. The lowest BCUT2D eigenvalue weighted by Crippen LogP contribution is -2.34. The second kappa shape index (κ2) is 12.3. The molecule has 1 aromatic carbocycles. The number of methoxy groups -OCH3 is 1. The number of nitrogens with one attached hydrogen (secondary N) is 1. The minimum Gasteiger partial charge on any atom is -0.493 e. The molecule has 1 saturated heterocycles. The van der Waals surface area contributed by atoms with Crippen LogP contribution in [0.2, 0.25) is 0 Å². The molecule has 0 amide bonds. The minimum absolute atomic E-state index is 0.122. The number of carboxylic acids is 1. The summed E-state index contributed by atoms with van der Waals surface area (Å²) in [7, 11) is 1.19. The van der Waals surface area contributed by atoms with E-state index >= 15 is 0 Å². The molecular weight excluding hydrogens is 499 g/mol. The molecule has 208 valence electrons. The van der Waals surface area contributed by atoms with E-state index in [1.54, 1.807) is 4.90 Å². The fourth-order valence-corrected chi connectivity index (χ4v) is 5.24. The molecule has 2 aliphatic heterocycles. The zero-order chi connectivity index (χ0) is 27.3. The van der Waals surface area contributed by atoms with Crippen molar-refractivity contribution in [3.63, 3.8) is 0 Å². The maximum atomic E-state index is 14.6. The number of aliphatic carboxylic acids is 1. The molecule has 1 fully saturated rings. The summed E-state index contributed by atoms with van der Waals surface area (Å²) in [6.07, 6.45) is 6.38. The van der Waals surface area contributed by atoms with E-state index in [1.807, 2.05) is 0 Å². The van der Waals surface area contributed by atoms with Gasteiger partial charge in [-0.15, -0.1) is 0 Å². The van der Waals surface area contributed by atoms with Gasteiger partial charge in [-0.25, -0.2) is 18.2 Å². The maximum Gasteiger partial charge on any atom is 0.325 e. The molecule has 0 radical (unpaired) electrons. The smallest absolute Gasteiger partial charge is 0.325 e. The number of nitrogens with zero attached hydrogens (tertiary/aromatic N) is 2. The highest BCUT2D eigenvalue weighted by atomic mass is 19.3. The number of likely N-dealkylation sites (tertiary alicyclic amines) is 1. The van der Waals surface area contributed by atoms with Crippen LogP contribution in [0, 0.1) is 5.82 Å². The van der Waals surface area contributed by atoms with Crippen molar-refractivity contribution in [2.45, 2.75) is 69.9 Å². The van der Waals surface area contributed by atoms with Gasteiger partial charge >= 0.3 is 5.97 Å². The Morgan fingerprint density at radius 1 is 1.29 bits per heavy atom. The number of unbranched alkanes of at least 4 members (excludes halogenated alkanes) is 2. The highest BCUT2D eigenvalue weighted by molar-refractivity contribution is 5.77. The molecule has 3 heterocycles. The summed E-state index contributed by atoms with van der Waals surface area (Å²) in [4.78, 5) is 18.6. The summed E-state index contributed by atoms with van der Waals surface area (Å²) >= 11 is 0. The van der Waals surface area contributed by atoms with Crippen molar-refractivity contribution in [3.8, 4) is 5.75 Å².